The summed E-state index contributed by atoms with van der Waals surface area (Å²) in [5.74, 6) is 0. The molecular formula is C15H26O2. The van der Waals surface area contributed by atoms with Gasteiger partial charge in [0.05, 0.1) is 11.2 Å². The number of allylic oxidation sites excluding steroid dienone is 2. The SMILES string of the molecule is C=C[C@](C)(O)C/C=C/[C@@](C)(O)CCC=C(C)C. The largest absolute Gasteiger partial charge is 0.386 e. The van der Waals surface area contributed by atoms with E-state index in [9.17, 15) is 10.2 Å². The highest BCUT2D eigenvalue weighted by molar-refractivity contribution is 5.05. The highest BCUT2D eigenvalue weighted by Gasteiger charge is 2.17. The molecule has 0 saturated carbocycles. The van der Waals surface area contributed by atoms with Gasteiger partial charge in [-0.1, -0.05) is 29.9 Å². The topological polar surface area (TPSA) is 40.5 Å². The number of rotatable bonds is 7. The minimum absolute atomic E-state index is 0.468. The zero-order chi connectivity index (χ0) is 13.5. The Bertz CT molecular complexity index is 292. The Balaban J connectivity index is 4.20. The highest BCUT2D eigenvalue weighted by Crippen LogP contribution is 2.17. The van der Waals surface area contributed by atoms with Gasteiger partial charge >= 0.3 is 0 Å². The second-order valence-electron chi connectivity index (χ2n) is 5.35. The first-order valence-electron chi connectivity index (χ1n) is 6.08. The van der Waals surface area contributed by atoms with Crippen LogP contribution in [0.2, 0.25) is 0 Å². The van der Waals surface area contributed by atoms with Crippen LogP contribution in [0, 0.1) is 0 Å². The molecule has 0 fully saturated rings. The van der Waals surface area contributed by atoms with E-state index < -0.39 is 11.2 Å². The molecule has 98 valence electrons. The van der Waals surface area contributed by atoms with Crippen LogP contribution in [-0.2, 0) is 0 Å². The third kappa shape index (κ3) is 8.90. The summed E-state index contributed by atoms with van der Waals surface area (Å²) in [6, 6.07) is 0. The molecule has 0 rings (SSSR count). The summed E-state index contributed by atoms with van der Waals surface area (Å²) in [6.45, 7) is 11.1. The lowest BCUT2D eigenvalue weighted by molar-refractivity contribution is 0.0989. The molecule has 0 aliphatic carbocycles. The molecule has 0 aliphatic rings. The fourth-order valence-corrected chi connectivity index (χ4v) is 1.37. The predicted octanol–water partition coefficient (Wildman–Crippen LogP) is 3.37. The van der Waals surface area contributed by atoms with Crippen molar-refractivity contribution in [3.8, 4) is 0 Å². The first kappa shape index (κ1) is 16.1. The van der Waals surface area contributed by atoms with Gasteiger partial charge in [0, 0.05) is 0 Å². The molecule has 0 spiro atoms. The van der Waals surface area contributed by atoms with Crippen molar-refractivity contribution in [2.45, 2.75) is 58.2 Å². The molecular weight excluding hydrogens is 212 g/mol. The fourth-order valence-electron chi connectivity index (χ4n) is 1.37. The Morgan fingerprint density at radius 1 is 1.18 bits per heavy atom. The molecule has 17 heavy (non-hydrogen) atoms. The van der Waals surface area contributed by atoms with Crippen molar-refractivity contribution >= 4 is 0 Å². The van der Waals surface area contributed by atoms with E-state index >= 15 is 0 Å². The second kappa shape index (κ2) is 6.77. The van der Waals surface area contributed by atoms with Crippen molar-refractivity contribution < 1.29 is 10.2 Å². The van der Waals surface area contributed by atoms with Crippen molar-refractivity contribution in [2.24, 2.45) is 0 Å². The summed E-state index contributed by atoms with van der Waals surface area (Å²) in [5.41, 5.74) is -0.449. The lowest BCUT2D eigenvalue weighted by Gasteiger charge is -2.20. The second-order valence-corrected chi connectivity index (χ2v) is 5.35. The van der Waals surface area contributed by atoms with Crippen LogP contribution in [0.4, 0.5) is 0 Å². The lowest BCUT2D eigenvalue weighted by Crippen LogP contribution is -2.22. The van der Waals surface area contributed by atoms with E-state index in [4.69, 9.17) is 0 Å². The number of hydrogen-bond donors (Lipinski definition) is 2. The Labute approximate surface area is 105 Å². The minimum atomic E-state index is -0.896. The van der Waals surface area contributed by atoms with Crippen LogP contribution in [0.15, 0.2) is 36.5 Å². The van der Waals surface area contributed by atoms with Gasteiger partial charge in [0.1, 0.15) is 0 Å². The Morgan fingerprint density at radius 3 is 2.24 bits per heavy atom. The van der Waals surface area contributed by atoms with Gasteiger partial charge in [0.25, 0.3) is 0 Å². The minimum Gasteiger partial charge on any atom is -0.386 e. The van der Waals surface area contributed by atoms with Crippen LogP contribution in [-0.4, -0.2) is 21.4 Å². The Morgan fingerprint density at radius 2 is 1.76 bits per heavy atom. The standard InChI is InChI=1S/C15H26O2/c1-6-14(4,16)11-8-12-15(5,17)10-7-9-13(2)3/h6,8-9,12,16-17H,1,7,10-11H2,2-5H3/b12-8+/t14-,15-/m0/s1. The molecule has 0 unspecified atom stereocenters. The molecule has 0 aromatic rings. The van der Waals surface area contributed by atoms with Gasteiger partial charge in [-0.2, -0.15) is 0 Å². The molecule has 0 aromatic carbocycles. The average molecular weight is 238 g/mol. The van der Waals surface area contributed by atoms with E-state index in [1.165, 1.54) is 11.6 Å². The monoisotopic (exact) mass is 238 g/mol. The van der Waals surface area contributed by atoms with E-state index in [-0.39, 0.29) is 0 Å². The summed E-state index contributed by atoms with van der Waals surface area (Å²) in [7, 11) is 0. The quantitative estimate of drug-likeness (QED) is 0.668. The average Bonchev–Trinajstić information content (AvgIpc) is 2.16. The van der Waals surface area contributed by atoms with Crippen LogP contribution in [0.1, 0.15) is 47.0 Å². The van der Waals surface area contributed by atoms with Crippen molar-refractivity contribution in [3.63, 3.8) is 0 Å². The van der Waals surface area contributed by atoms with Gasteiger partial charge in [-0.25, -0.2) is 0 Å². The summed E-state index contributed by atoms with van der Waals surface area (Å²) in [4.78, 5) is 0. The molecule has 0 heterocycles. The zero-order valence-corrected chi connectivity index (χ0v) is 11.5. The van der Waals surface area contributed by atoms with E-state index in [1.807, 2.05) is 19.9 Å². The van der Waals surface area contributed by atoms with Gasteiger partial charge in [-0.3, -0.25) is 0 Å². The molecule has 0 aliphatic heterocycles. The highest BCUT2D eigenvalue weighted by atomic mass is 16.3. The van der Waals surface area contributed by atoms with Crippen molar-refractivity contribution in [2.75, 3.05) is 0 Å². The van der Waals surface area contributed by atoms with Gasteiger partial charge in [-0.05, 0) is 47.0 Å². The fraction of sp³-hybridized carbons (Fsp3) is 0.600. The summed E-state index contributed by atoms with van der Waals surface area (Å²) >= 11 is 0. The summed E-state index contributed by atoms with van der Waals surface area (Å²) in [5, 5.41) is 19.8. The third-order valence-corrected chi connectivity index (χ3v) is 2.65. The van der Waals surface area contributed by atoms with Gasteiger partial charge in [0.2, 0.25) is 0 Å². The maximum atomic E-state index is 10.1. The Hall–Kier alpha value is -0.860. The number of hydrogen-bond acceptors (Lipinski definition) is 2. The summed E-state index contributed by atoms with van der Waals surface area (Å²) < 4.78 is 0. The van der Waals surface area contributed by atoms with Gasteiger partial charge < -0.3 is 10.2 Å². The molecule has 2 atom stereocenters. The van der Waals surface area contributed by atoms with Crippen molar-refractivity contribution in [1.82, 2.24) is 0 Å². The van der Waals surface area contributed by atoms with E-state index in [0.717, 1.165) is 6.42 Å². The molecule has 2 nitrogen and oxygen atoms in total. The first-order valence-corrected chi connectivity index (χ1v) is 6.08. The van der Waals surface area contributed by atoms with Crippen molar-refractivity contribution in [1.29, 1.82) is 0 Å². The van der Waals surface area contributed by atoms with Crippen LogP contribution in [0.3, 0.4) is 0 Å². The van der Waals surface area contributed by atoms with Gasteiger partial charge in [0.15, 0.2) is 0 Å². The lowest BCUT2D eigenvalue weighted by atomic mass is 9.96. The molecule has 2 N–H and O–H groups in total. The Kier molecular flexibility index (Phi) is 6.43. The summed E-state index contributed by atoms with van der Waals surface area (Å²) in [6.07, 6.45) is 9.20. The molecule has 0 bridgehead atoms. The van der Waals surface area contributed by atoms with E-state index in [2.05, 4.69) is 12.7 Å². The maximum absolute atomic E-state index is 10.1. The van der Waals surface area contributed by atoms with Crippen molar-refractivity contribution in [3.05, 3.63) is 36.5 Å². The van der Waals surface area contributed by atoms with Gasteiger partial charge in [-0.15, -0.1) is 6.58 Å². The predicted molar refractivity (Wildman–Crippen MR) is 73.9 cm³/mol. The smallest absolute Gasteiger partial charge is 0.0831 e. The zero-order valence-electron chi connectivity index (χ0n) is 11.5. The molecule has 0 amide bonds. The normalized spacial score (nSPS) is 18.5. The third-order valence-electron chi connectivity index (χ3n) is 2.65. The molecule has 2 heteroatoms. The van der Waals surface area contributed by atoms with E-state index in [1.54, 1.807) is 19.9 Å². The van der Waals surface area contributed by atoms with Crippen LogP contribution < -0.4 is 0 Å². The molecule has 0 radical (unpaired) electrons. The maximum Gasteiger partial charge on any atom is 0.0831 e. The van der Waals surface area contributed by atoms with Crippen LogP contribution >= 0.6 is 0 Å². The van der Waals surface area contributed by atoms with Crippen LogP contribution in [0.25, 0.3) is 0 Å². The first-order chi connectivity index (χ1) is 7.68. The number of aliphatic hydroxyl groups is 2. The van der Waals surface area contributed by atoms with Crippen LogP contribution in [0.5, 0.6) is 0 Å². The molecule has 0 saturated heterocycles. The molecule has 0 aromatic heterocycles. The van der Waals surface area contributed by atoms with E-state index in [0.29, 0.717) is 12.8 Å².